The van der Waals surface area contributed by atoms with Gasteiger partial charge in [-0.1, -0.05) is 12.1 Å². The number of anilines is 1. The molecule has 4 nitrogen and oxygen atoms in total. The van der Waals surface area contributed by atoms with Crippen LogP contribution < -0.4 is 5.32 Å². The Balaban J connectivity index is 2.23. The molecule has 0 saturated carbocycles. The molecule has 0 radical (unpaired) electrons. The topological polar surface area (TPSA) is 62.2 Å². The molecule has 1 aromatic heterocycles. The Bertz CT molecular complexity index is 573. The number of nitrogens with one attached hydrogen (secondary N) is 1. The first-order valence-corrected chi connectivity index (χ1v) is 6.98. The van der Waals surface area contributed by atoms with E-state index >= 15 is 0 Å². The Morgan fingerprint density at radius 2 is 2.21 bits per heavy atom. The van der Waals surface area contributed by atoms with E-state index in [0.717, 1.165) is 10.5 Å². The van der Waals surface area contributed by atoms with Crippen LogP contribution in [0.5, 0.6) is 0 Å². The van der Waals surface area contributed by atoms with E-state index in [9.17, 15) is 9.90 Å². The highest BCUT2D eigenvalue weighted by molar-refractivity contribution is 7.98. The molecule has 98 valence electrons. The molecule has 2 N–H and O–H groups in total. The van der Waals surface area contributed by atoms with E-state index in [1.165, 1.54) is 11.8 Å². The first kappa shape index (κ1) is 13.4. The van der Waals surface area contributed by atoms with Gasteiger partial charge >= 0.3 is 5.97 Å². The van der Waals surface area contributed by atoms with Gasteiger partial charge in [-0.15, -0.1) is 11.8 Å². The minimum absolute atomic E-state index is 0.318. The van der Waals surface area contributed by atoms with Crippen molar-refractivity contribution in [2.75, 3.05) is 11.6 Å². The second kappa shape index (κ2) is 6.24. The number of pyridine rings is 1. The largest absolute Gasteiger partial charge is 0.478 e. The molecule has 1 heterocycles. The average molecular weight is 274 g/mol. The highest BCUT2D eigenvalue weighted by Crippen LogP contribution is 2.27. The van der Waals surface area contributed by atoms with Crippen LogP contribution in [0, 0.1) is 0 Å². The maximum Gasteiger partial charge on any atom is 0.338 e. The van der Waals surface area contributed by atoms with Crippen LogP contribution in [0.15, 0.2) is 47.6 Å². The second-order valence-corrected chi connectivity index (χ2v) is 4.75. The number of aromatic carboxylic acids is 1. The van der Waals surface area contributed by atoms with Crippen molar-refractivity contribution in [3.05, 3.63) is 53.9 Å². The van der Waals surface area contributed by atoms with E-state index in [1.807, 2.05) is 30.5 Å². The quantitative estimate of drug-likeness (QED) is 0.820. The van der Waals surface area contributed by atoms with Crippen LogP contribution in [0.25, 0.3) is 0 Å². The zero-order chi connectivity index (χ0) is 13.7. The van der Waals surface area contributed by atoms with Crippen molar-refractivity contribution in [3.8, 4) is 0 Å². The fourth-order valence-corrected chi connectivity index (χ4v) is 2.39. The third-order valence-corrected chi connectivity index (χ3v) is 3.45. The normalized spacial score (nSPS) is 10.2. The summed E-state index contributed by atoms with van der Waals surface area (Å²) in [6, 6.07) is 9.24. The fourth-order valence-electron chi connectivity index (χ4n) is 1.77. The molecule has 0 aliphatic carbocycles. The molecule has 0 aliphatic heterocycles. The maximum absolute atomic E-state index is 11.3. The van der Waals surface area contributed by atoms with E-state index < -0.39 is 5.97 Å². The van der Waals surface area contributed by atoms with Crippen LogP contribution in [0.1, 0.15) is 15.9 Å². The van der Waals surface area contributed by atoms with Gasteiger partial charge in [-0.25, -0.2) is 4.79 Å². The van der Waals surface area contributed by atoms with Crippen molar-refractivity contribution < 1.29 is 9.90 Å². The molecule has 0 unspecified atom stereocenters. The van der Waals surface area contributed by atoms with Gasteiger partial charge in [0.05, 0.1) is 11.3 Å². The lowest BCUT2D eigenvalue weighted by molar-refractivity contribution is 0.0694. The van der Waals surface area contributed by atoms with Gasteiger partial charge in [-0.2, -0.15) is 0 Å². The van der Waals surface area contributed by atoms with Gasteiger partial charge in [-0.05, 0) is 30.0 Å². The number of nitrogens with zero attached hydrogens (tertiary/aromatic N) is 1. The minimum Gasteiger partial charge on any atom is -0.478 e. The third kappa shape index (κ3) is 3.26. The molecule has 0 aliphatic rings. The van der Waals surface area contributed by atoms with Crippen molar-refractivity contribution in [1.82, 2.24) is 4.98 Å². The van der Waals surface area contributed by atoms with Gasteiger partial charge in [-0.3, -0.25) is 4.98 Å². The average Bonchev–Trinajstić information content (AvgIpc) is 2.45. The summed E-state index contributed by atoms with van der Waals surface area (Å²) in [6.45, 7) is 0.548. The van der Waals surface area contributed by atoms with E-state index in [-0.39, 0.29) is 0 Å². The molecule has 0 saturated heterocycles. The van der Waals surface area contributed by atoms with Gasteiger partial charge < -0.3 is 10.4 Å². The third-order valence-electron chi connectivity index (χ3n) is 2.67. The Hall–Kier alpha value is -2.01. The number of thioether (sulfide) groups is 1. The second-order valence-electron chi connectivity index (χ2n) is 3.90. The molecular formula is C14H14N2O2S. The number of rotatable bonds is 5. The molecule has 2 rings (SSSR count). The number of aromatic nitrogens is 1. The van der Waals surface area contributed by atoms with Crippen molar-refractivity contribution in [3.63, 3.8) is 0 Å². The number of hydrogen-bond donors (Lipinski definition) is 2. The van der Waals surface area contributed by atoms with Gasteiger partial charge in [0.2, 0.25) is 0 Å². The molecule has 0 amide bonds. The van der Waals surface area contributed by atoms with Crippen LogP contribution in [-0.4, -0.2) is 22.3 Å². The predicted octanol–water partition coefficient (Wildman–Crippen LogP) is 3.11. The lowest BCUT2D eigenvalue weighted by Gasteiger charge is -2.12. The predicted molar refractivity (Wildman–Crippen MR) is 76.7 cm³/mol. The van der Waals surface area contributed by atoms with Gasteiger partial charge in [0.25, 0.3) is 0 Å². The van der Waals surface area contributed by atoms with E-state index in [4.69, 9.17) is 0 Å². The van der Waals surface area contributed by atoms with Gasteiger partial charge in [0, 0.05) is 23.8 Å². The summed E-state index contributed by atoms with van der Waals surface area (Å²) in [5.74, 6) is -0.918. The lowest BCUT2D eigenvalue weighted by Crippen LogP contribution is -2.07. The summed E-state index contributed by atoms with van der Waals surface area (Å²) in [7, 11) is 0. The van der Waals surface area contributed by atoms with Crippen LogP contribution in [0.4, 0.5) is 5.69 Å². The van der Waals surface area contributed by atoms with Crippen LogP contribution >= 0.6 is 11.8 Å². The van der Waals surface area contributed by atoms with Crippen molar-refractivity contribution in [2.45, 2.75) is 11.4 Å². The molecule has 5 heteroatoms. The molecule has 19 heavy (non-hydrogen) atoms. The van der Waals surface area contributed by atoms with Crippen molar-refractivity contribution in [2.24, 2.45) is 0 Å². The Morgan fingerprint density at radius 1 is 1.37 bits per heavy atom. The summed E-state index contributed by atoms with van der Waals surface area (Å²) in [4.78, 5) is 16.1. The first-order chi connectivity index (χ1) is 9.22. The number of carboxylic acid groups (broad SMARTS) is 1. The minimum atomic E-state index is -0.918. The monoisotopic (exact) mass is 274 g/mol. The number of benzene rings is 1. The van der Waals surface area contributed by atoms with Gasteiger partial charge in [0.15, 0.2) is 0 Å². The summed E-state index contributed by atoms with van der Waals surface area (Å²) in [5.41, 5.74) is 1.95. The molecule has 1 aromatic carbocycles. The molecule has 0 atom stereocenters. The molecular weight excluding hydrogens is 260 g/mol. The lowest BCUT2D eigenvalue weighted by atomic mass is 10.1. The number of hydrogen-bond acceptors (Lipinski definition) is 4. The summed E-state index contributed by atoms with van der Waals surface area (Å²) < 4.78 is 0. The fraction of sp³-hybridized carbons (Fsp3) is 0.143. The smallest absolute Gasteiger partial charge is 0.338 e. The van der Waals surface area contributed by atoms with Gasteiger partial charge in [0.1, 0.15) is 0 Å². The molecule has 0 bridgehead atoms. The van der Waals surface area contributed by atoms with Crippen LogP contribution in [-0.2, 0) is 6.54 Å². The Labute approximate surface area is 115 Å². The van der Waals surface area contributed by atoms with Crippen LogP contribution in [0.2, 0.25) is 0 Å². The van der Waals surface area contributed by atoms with E-state index in [1.54, 1.807) is 18.5 Å². The first-order valence-electron chi connectivity index (χ1n) is 5.75. The molecule has 2 aromatic rings. The Morgan fingerprint density at radius 3 is 2.84 bits per heavy atom. The molecule has 0 spiro atoms. The summed E-state index contributed by atoms with van der Waals surface area (Å²) in [5, 5.41) is 12.5. The summed E-state index contributed by atoms with van der Waals surface area (Å²) >= 11 is 1.43. The number of carbonyl (C=O) groups is 1. The van der Waals surface area contributed by atoms with Crippen LogP contribution in [0.3, 0.4) is 0 Å². The highest BCUT2D eigenvalue weighted by atomic mass is 32.2. The number of carboxylic acids is 1. The van der Waals surface area contributed by atoms with E-state index in [2.05, 4.69) is 10.3 Å². The van der Waals surface area contributed by atoms with E-state index in [0.29, 0.717) is 17.8 Å². The highest BCUT2D eigenvalue weighted by Gasteiger charge is 2.14. The zero-order valence-electron chi connectivity index (χ0n) is 10.5. The SMILES string of the molecule is CSc1cccc(NCc2cccnc2)c1C(=O)O. The van der Waals surface area contributed by atoms with Crippen molar-refractivity contribution in [1.29, 1.82) is 0 Å². The molecule has 0 fully saturated rings. The standard InChI is InChI=1S/C14H14N2O2S/c1-19-12-6-2-5-11(13(12)14(17)18)16-9-10-4-3-7-15-8-10/h2-8,16H,9H2,1H3,(H,17,18). The van der Waals surface area contributed by atoms with Crippen molar-refractivity contribution >= 4 is 23.4 Å². The Kier molecular flexibility index (Phi) is 4.41. The summed E-state index contributed by atoms with van der Waals surface area (Å²) in [6.07, 6.45) is 5.33. The maximum atomic E-state index is 11.3. The zero-order valence-corrected chi connectivity index (χ0v) is 11.3.